The van der Waals surface area contributed by atoms with Gasteiger partial charge in [-0.3, -0.25) is 4.79 Å². The molecular formula is C11H12BrF2NO4S. The minimum Gasteiger partial charge on any atom is -0.481 e. The molecule has 0 amide bonds. The number of benzene rings is 1. The van der Waals surface area contributed by atoms with Gasteiger partial charge in [-0.1, -0.05) is 0 Å². The van der Waals surface area contributed by atoms with Gasteiger partial charge in [-0.25, -0.2) is 21.5 Å². The van der Waals surface area contributed by atoms with E-state index in [4.69, 9.17) is 5.11 Å². The van der Waals surface area contributed by atoms with Crippen LogP contribution in [0.5, 0.6) is 0 Å². The maximum atomic E-state index is 13.6. The van der Waals surface area contributed by atoms with E-state index < -0.39 is 32.5 Å². The quantitative estimate of drug-likeness (QED) is 0.831. The van der Waals surface area contributed by atoms with Crippen molar-refractivity contribution < 1.29 is 27.1 Å². The van der Waals surface area contributed by atoms with Crippen molar-refractivity contribution in [2.75, 3.05) is 13.6 Å². The fourth-order valence-corrected chi connectivity index (χ4v) is 3.82. The van der Waals surface area contributed by atoms with Gasteiger partial charge in [0.05, 0.1) is 0 Å². The van der Waals surface area contributed by atoms with Crippen molar-refractivity contribution in [3.05, 3.63) is 28.2 Å². The zero-order valence-corrected chi connectivity index (χ0v) is 12.8. The highest BCUT2D eigenvalue weighted by molar-refractivity contribution is 9.10. The second-order valence-corrected chi connectivity index (χ2v) is 6.86. The van der Waals surface area contributed by atoms with E-state index in [-0.39, 0.29) is 23.9 Å². The summed E-state index contributed by atoms with van der Waals surface area (Å²) in [7, 11) is -2.96. The van der Waals surface area contributed by atoms with E-state index in [1.807, 2.05) is 0 Å². The van der Waals surface area contributed by atoms with Crippen molar-refractivity contribution in [3.8, 4) is 0 Å². The van der Waals surface area contributed by atoms with Crippen molar-refractivity contribution in [3.63, 3.8) is 0 Å². The number of nitrogens with zero attached hydrogens (tertiary/aromatic N) is 1. The van der Waals surface area contributed by atoms with Crippen LogP contribution in [0.4, 0.5) is 8.78 Å². The maximum Gasteiger partial charge on any atom is 0.303 e. The fraction of sp³-hybridized carbons (Fsp3) is 0.364. The van der Waals surface area contributed by atoms with Gasteiger partial charge in [-0.05, 0) is 28.4 Å². The normalized spacial score (nSPS) is 11.8. The molecule has 0 radical (unpaired) electrons. The van der Waals surface area contributed by atoms with Gasteiger partial charge >= 0.3 is 5.97 Å². The highest BCUT2D eigenvalue weighted by Gasteiger charge is 2.27. The first-order valence-corrected chi connectivity index (χ1v) is 7.72. The highest BCUT2D eigenvalue weighted by Crippen LogP contribution is 2.28. The van der Waals surface area contributed by atoms with E-state index in [0.29, 0.717) is 6.07 Å². The van der Waals surface area contributed by atoms with Gasteiger partial charge in [0.2, 0.25) is 10.0 Å². The van der Waals surface area contributed by atoms with Crippen molar-refractivity contribution in [2.45, 2.75) is 17.7 Å². The van der Waals surface area contributed by atoms with Gasteiger partial charge in [-0.15, -0.1) is 0 Å². The molecule has 0 aromatic heterocycles. The lowest BCUT2D eigenvalue weighted by molar-refractivity contribution is -0.137. The van der Waals surface area contributed by atoms with E-state index in [9.17, 15) is 22.0 Å². The number of rotatable bonds is 6. The molecule has 0 aliphatic heterocycles. The van der Waals surface area contributed by atoms with E-state index in [2.05, 4.69) is 15.9 Å². The third-order valence-electron chi connectivity index (χ3n) is 2.49. The van der Waals surface area contributed by atoms with Crippen LogP contribution in [-0.2, 0) is 14.8 Å². The van der Waals surface area contributed by atoms with Gasteiger partial charge < -0.3 is 5.11 Å². The molecule has 20 heavy (non-hydrogen) atoms. The Balaban J connectivity index is 3.02. The lowest BCUT2D eigenvalue weighted by atomic mass is 10.3. The van der Waals surface area contributed by atoms with Crippen LogP contribution in [0.25, 0.3) is 0 Å². The Labute approximate surface area is 123 Å². The molecule has 0 saturated carbocycles. The molecule has 0 bridgehead atoms. The number of halogens is 3. The molecule has 0 unspecified atom stereocenters. The van der Waals surface area contributed by atoms with Gasteiger partial charge in [0, 0.05) is 30.6 Å². The van der Waals surface area contributed by atoms with Crippen molar-refractivity contribution >= 4 is 31.9 Å². The van der Waals surface area contributed by atoms with Gasteiger partial charge in [0.15, 0.2) is 0 Å². The van der Waals surface area contributed by atoms with E-state index in [1.165, 1.54) is 7.05 Å². The molecule has 1 rings (SSSR count). The topological polar surface area (TPSA) is 74.7 Å². The first-order chi connectivity index (χ1) is 9.16. The van der Waals surface area contributed by atoms with Crippen LogP contribution < -0.4 is 0 Å². The minimum atomic E-state index is -4.16. The predicted molar refractivity (Wildman–Crippen MR) is 70.7 cm³/mol. The van der Waals surface area contributed by atoms with Crippen LogP contribution in [0.1, 0.15) is 12.8 Å². The highest BCUT2D eigenvalue weighted by atomic mass is 79.9. The second kappa shape index (κ2) is 6.59. The summed E-state index contributed by atoms with van der Waals surface area (Å²) in [4.78, 5) is 9.70. The number of aliphatic carboxylic acids is 1. The standard InChI is InChI=1S/C11H12BrF2NO4S/c1-15(4-2-3-10(16)17)20(18,19)11-8(12)5-7(13)6-9(11)14/h5-6H,2-4H2,1H3,(H,16,17). The summed E-state index contributed by atoms with van der Waals surface area (Å²) >= 11 is 2.81. The number of hydrogen-bond donors (Lipinski definition) is 1. The Morgan fingerprint density at radius 3 is 2.50 bits per heavy atom. The first kappa shape index (κ1) is 17.0. The molecule has 1 N–H and O–H groups in total. The second-order valence-electron chi connectivity index (χ2n) is 4.02. The Bertz CT molecular complexity index is 598. The maximum absolute atomic E-state index is 13.6. The van der Waals surface area contributed by atoms with Crippen molar-refractivity contribution in [1.82, 2.24) is 4.31 Å². The molecule has 9 heteroatoms. The number of hydrogen-bond acceptors (Lipinski definition) is 3. The molecule has 0 spiro atoms. The summed E-state index contributed by atoms with van der Waals surface area (Å²) in [5, 5.41) is 8.49. The smallest absolute Gasteiger partial charge is 0.303 e. The lowest BCUT2D eigenvalue weighted by Crippen LogP contribution is -2.29. The zero-order valence-electron chi connectivity index (χ0n) is 10.4. The molecule has 0 fully saturated rings. The average Bonchev–Trinajstić information content (AvgIpc) is 2.26. The zero-order chi connectivity index (χ0) is 15.5. The molecule has 1 aromatic rings. The Hall–Kier alpha value is -1.06. The molecule has 0 atom stereocenters. The average molecular weight is 372 g/mol. The summed E-state index contributed by atoms with van der Waals surface area (Å²) in [5.41, 5.74) is 0. The van der Waals surface area contributed by atoms with E-state index in [1.54, 1.807) is 0 Å². The molecule has 0 heterocycles. The van der Waals surface area contributed by atoms with Gasteiger partial charge in [0.1, 0.15) is 16.5 Å². The van der Waals surface area contributed by atoms with Crippen LogP contribution in [0.15, 0.2) is 21.5 Å². The third-order valence-corrected chi connectivity index (χ3v) is 5.32. The summed E-state index contributed by atoms with van der Waals surface area (Å²) < 4.78 is 51.5. The van der Waals surface area contributed by atoms with E-state index >= 15 is 0 Å². The third kappa shape index (κ3) is 3.97. The van der Waals surface area contributed by atoms with Crippen LogP contribution in [0.3, 0.4) is 0 Å². The number of carbonyl (C=O) groups is 1. The first-order valence-electron chi connectivity index (χ1n) is 5.49. The SMILES string of the molecule is CN(CCCC(=O)O)S(=O)(=O)c1c(F)cc(F)cc1Br. The molecule has 1 aromatic carbocycles. The monoisotopic (exact) mass is 371 g/mol. The number of carboxylic acid groups (broad SMARTS) is 1. The fourth-order valence-electron chi connectivity index (χ4n) is 1.50. The minimum absolute atomic E-state index is 0.0854. The Kier molecular flexibility index (Phi) is 5.60. The predicted octanol–water partition coefficient (Wildman–Crippen LogP) is 2.21. The van der Waals surface area contributed by atoms with Crippen molar-refractivity contribution in [2.24, 2.45) is 0 Å². The van der Waals surface area contributed by atoms with Gasteiger partial charge in [-0.2, -0.15) is 0 Å². The van der Waals surface area contributed by atoms with Crippen LogP contribution >= 0.6 is 15.9 Å². The number of sulfonamides is 1. The molecule has 112 valence electrons. The summed E-state index contributed by atoms with van der Waals surface area (Å²) in [6, 6.07) is 1.32. The largest absolute Gasteiger partial charge is 0.481 e. The molecule has 0 aliphatic rings. The Morgan fingerprint density at radius 2 is 2.00 bits per heavy atom. The molecule has 0 aliphatic carbocycles. The molecule has 0 saturated heterocycles. The van der Waals surface area contributed by atoms with Gasteiger partial charge in [0.25, 0.3) is 0 Å². The molecular weight excluding hydrogens is 360 g/mol. The van der Waals surface area contributed by atoms with Crippen LogP contribution in [-0.4, -0.2) is 37.4 Å². The van der Waals surface area contributed by atoms with E-state index in [0.717, 1.165) is 10.4 Å². The number of carboxylic acids is 1. The lowest BCUT2D eigenvalue weighted by Gasteiger charge is -2.18. The van der Waals surface area contributed by atoms with Crippen LogP contribution in [0, 0.1) is 11.6 Å². The van der Waals surface area contributed by atoms with Crippen molar-refractivity contribution in [1.29, 1.82) is 0 Å². The summed E-state index contributed by atoms with van der Waals surface area (Å²) in [6.07, 6.45) is -0.113. The van der Waals surface area contributed by atoms with Crippen LogP contribution in [0.2, 0.25) is 0 Å². The Morgan fingerprint density at radius 1 is 1.40 bits per heavy atom. The molecule has 5 nitrogen and oxygen atoms in total. The summed E-state index contributed by atoms with van der Waals surface area (Å²) in [5.74, 6) is -3.16. The summed E-state index contributed by atoms with van der Waals surface area (Å²) in [6.45, 7) is -0.0854.